The first kappa shape index (κ1) is 14.1. The Balaban J connectivity index is 2.09. The normalized spacial score (nSPS) is 14.2. The molecule has 110 valence electrons. The highest BCUT2D eigenvalue weighted by atomic mass is 79.9. The zero-order valence-electron chi connectivity index (χ0n) is 11.1. The van der Waals surface area contributed by atoms with Crippen LogP contribution in [0.1, 0.15) is 22.6 Å². The molecule has 1 aliphatic heterocycles. The van der Waals surface area contributed by atoms with Gasteiger partial charge in [0.2, 0.25) is 5.82 Å². The number of halogens is 3. The fourth-order valence-electron chi connectivity index (χ4n) is 2.44. The van der Waals surface area contributed by atoms with Crippen LogP contribution < -0.4 is 4.90 Å². The second-order valence-electron chi connectivity index (χ2n) is 4.78. The van der Waals surface area contributed by atoms with E-state index in [2.05, 4.69) is 26.0 Å². The van der Waals surface area contributed by atoms with Crippen LogP contribution in [0.15, 0.2) is 16.9 Å². The summed E-state index contributed by atoms with van der Waals surface area (Å²) in [7, 11) is 1.64. The van der Waals surface area contributed by atoms with Crippen molar-refractivity contribution in [2.24, 2.45) is 7.05 Å². The number of benzene rings is 1. The van der Waals surface area contributed by atoms with Gasteiger partial charge in [-0.25, -0.2) is 13.8 Å². The number of rotatable bonds is 1. The number of fused-ring (bicyclic) bond motifs is 1. The van der Waals surface area contributed by atoms with Crippen molar-refractivity contribution in [1.29, 1.82) is 0 Å². The molecule has 0 fully saturated rings. The van der Waals surface area contributed by atoms with E-state index in [1.807, 2.05) is 0 Å². The summed E-state index contributed by atoms with van der Waals surface area (Å²) in [6.45, 7) is 0.346. The van der Waals surface area contributed by atoms with Gasteiger partial charge < -0.3 is 4.90 Å². The van der Waals surface area contributed by atoms with Crippen LogP contribution >= 0.6 is 15.9 Å². The smallest absolute Gasteiger partial charge is 0.298 e. The quantitative estimate of drug-likeness (QED) is 0.737. The minimum Gasteiger partial charge on any atom is -0.302 e. The van der Waals surface area contributed by atoms with Gasteiger partial charge in [0.1, 0.15) is 18.0 Å². The second kappa shape index (κ2) is 5.18. The van der Waals surface area contributed by atoms with Crippen molar-refractivity contribution in [3.05, 3.63) is 39.9 Å². The number of aromatic nitrogens is 3. The molecule has 0 N–H and O–H groups in total. The molecule has 0 saturated carbocycles. The highest BCUT2D eigenvalue weighted by Gasteiger charge is 2.31. The summed E-state index contributed by atoms with van der Waals surface area (Å²) in [6.07, 6.45) is 2.52. The van der Waals surface area contributed by atoms with Gasteiger partial charge in [-0.1, -0.05) is 0 Å². The largest absolute Gasteiger partial charge is 0.302 e. The van der Waals surface area contributed by atoms with E-state index in [1.165, 1.54) is 15.9 Å². The van der Waals surface area contributed by atoms with E-state index in [1.54, 1.807) is 7.05 Å². The number of nitrogens with zero attached hydrogens (tertiary/aromatic N) is 4. The molecule has 1 amide bonds. The van der Waals surface area contributed by atoms with Crippen LogP contribution in [0.2, 0.25) is 0 Å². The maximum Gasteiger partial charge on any atom is 0.298 e. The molecule has 0 spiro atoms. The molecule has 0 bridgehead atoms. The summed E-state index contributed by atoms with van der Waals surface area (Å²) >= 11 is 3.12. The zero-order valence-corrected chi connectivity index (χ0v) is 12.7. The predicted molar refractivity (Wildman–Crippen MR) is 75.1 cm³/mol. The van der Waals surface area contributed by atoms with Gasteiger partial charge in [0.05, 0.1) is 10.2 Å². The molecular weight excluding hydrogens is 346 g/mol. The van der Waals surface area contributed by atoms with E-state index in [-0.39, 0.29) is 16.0 Å². The Labute approximate surface area is 127 Å². The molecule has 21 heavy (non-hydrogen) atoms. The summed E-state index contributed by atoms with van der Waals surface area (Å²) in [5.74, 6) is -1.93. The van der Waals surface area contributed by atoms with Crippen molar-refractivity contribution < 1.29 is 13.6 Å². The Bertz CT molecular complexity index is 731. The average Bonchev–Trinajstić information content (AvgIpc) is 2.90. The minimum absolute atomic E-state index is 0.00908. The van der Waals surface area contributed by atoms with Crippen molar-refractivity contribution in [2.45, 2.75) is 12.8 Å². The Kier molecular flexibility index (Phi) is 3.48. The van der Waals surface area contributed by atoms with Crippen molar-refractivity contribution in [3.8, 4) is 0 Å². The lowest BCUT2D eigenvalue weighted by Crippen LogP contribution is -2.37. The molecule has 3 rings (SSSR count). The topological polar surface area (TPSA) is 51.0 Å². The molecule has 1 aromatic carbocycles. The molecule has 0 radical (unpaired) electrons. The fourth-order valence-corrected chi connectivity index (χ4v) is 2.94. The van der Waals surface area contributed by atoms with Gasteiger partial charge in [-0.15, -0.1) is 5.10 Å². The van der Waals surface area contributed by atoms with Gasteiger partial charge >= 0.3 is 0 Å². The van der Waals surface area contributed by atoms with Gasteiger partial charge in [0.25, 0.3) is 5.91 Å². The van der Waals surface area contributed by atoms with E-state index in [4.69, 9.17) is 0 Å². The highest BCUT2D eigenvalue weighted by molar-refractivity contribution is 9.10. The first-order chi connectivity index (χ1) is 9.99. The molecule has 2 aromatic rings. The molecule has 1 aliphatic rings. The van der Waals surface area contributed by atoms with Crippen LogP contribution in [-0.4, -0.2) is 27.2 Å². The Morgan fingerprint density at radius 1 is 1.38 bits per heavy atom. The third-order valence-electron chi connectivity index (χ3n) is 3.35. The van der Waals surface area contributed by atoms with Crippen LogP contribution in [0.3, 0.4) is 0 Å². The second-order valence-corrected chi connectivity index (χ2v) is 5.58. The Morgan fingerprint density at radius 2 is 2.14 bits per heavy atom. The number of carbonyl (C=O) groups is 1. The molecule has 5 nitrogen and oxygen atoms in total. The summed E-state index contributed by atoms with van der Waals surface area (Å²) in [5.41, 5.74) is 0.565. The van der Waals surface area contributed by atoms with Gasteiger partial charge in [-0.2, -0.15) is 0 Å². The van der Waals surface area contributed by atoms with Crippen molar-refractivity contribution in [1.82, 2.24) is 14.8 Å². The van der Waals surface area contributed by atoms with Crippen LogP contribution in [0, 0.1) is 11.6 Å². The van der Waals surface area contributed by atoms with E-state index in [0.717, 1.165) is 6.07 Å². The minimum atomic E-state index is -0.755. The first-order valence-corrected chi connectivity index (χ1v) is 7.12. The number of anilines is 1. The number of hydrogen-bond donors (Lipinski definition) is 0. The number of amides is 1. The number of aryl methyl sites for hydroxylation is 1. The Hall–Kier alpha value is -1.83. The molecule has 0 atom stereocenters. The van der Waals surface area contributed by atoms with Crippen LogP contribution in [0.5, 0.6) is 0 Å². The maximum absolute atomic E-state index is 14.1. The highest BCUT2D eigenvalue weighted by Crippen LogP contribution is 2.37. The lowest BCUT2D eigenvalue weighted by molar-refractivity contribution is 0.0974. The van der Waals surface area contributed by atoms with Gasteiger partial charge in [0, 0.05) is 19.7 Å². The van der Waals surface area contributed by atoms with Crippen molar-refractivity contribution >= 4 is 27.5 Å². The molecule has 1 aromatic heterocycles. The summed E-state index contributed by atoms with van der Waals surface area (Å²) < 4.78 is 29.3. The lowest BCUT2D eigenvalue weighted by atomic mass is 10.0. The third kappa shape index (κ3) is 2.33. The molecule has 0 unspecified atom stereocenters. The van der Waals surface area contributed by atoms with E-state index in [9.17, 15) is 13.6 Å². The van der Waals surface area contributed by atoms with Gasteiger partial charge in [-0.3, -0.25) is 9.48 Å². The molecule has 0 aliphatic carbocycles. The third-order valence-corrected chi connectivity index (χ3v) is 4.21. The van der Waals surface area contributed by atoms with E-state index >= 15 is 0 Å². The number of carbonyl (C=O) groups excluding carboxylic acids is 1. The molecule has 0 saturated heterocycles. The number of hydrogen-bond acceptors (Lipinski definition) is 3. The van der Waals surface area contributed by atoms with Crippen LogP contribution in [0.4, 0.5) is 14.5 Å². The summed E-state index contributed by atoms with van der Waals surface area (Å²) in [6, 6.07) is 0.778. The average molecular weight is 357 g/mol. The maximum atomic E-state index is 14.1. The summed E-state index contributed by atoms with van der Waals surface area (Å²) in [4.78, 5) is 17.6. The lowest BCUT2D eigenvalue weighted by Gasteiger charge is -2.29. The van der Waals surface area contributed by atoms with Crippen LogP contribution in [-0.2, 0) is 13.5 Å². The molecule has 8 heteroatoms. The summed E-state index contributed by atoms with van der Waals surface area (Å²) in [5, 5.41) is 3.93. The van der Waals surface area contributed by atoms with Gasteiger partial charge in [0.15, 0.2) is 0 Å². The predicted octanol–water partition coefficient (Wildman–Crippen LogP) is 2.45. The Morgan fingerprint density at radius 3 is 2.81 bits per heavy atom. The SMILES string of the molecule is Cn1cnc(C(=O)N2CCCc3c(Br)c(F)cc(F)c32)n1. The standard InChI is InChI=1S/C13H11BrF2N4O/c1-19-6-17-12(18-19)13(21)20-4-2-3-7-10(14)8(15)5-9(16)11(7)20/h5-6H,2-4H2,1H3. The zero-order chi connectivity index (χ0) is 15.1. The van der Waals surface area contributed by atoms with E-state index < -0.39 is 17.5 Å². The monoisotopic (exact) mass is 356 g/mol. The van der Waals surface area contributed by atoms with Crippen LogP contribution in [0.25, 0.3) is 0 Å². The van der Waals surface area contributed by atoms with E-state index in [0.29, 0.717) is 24.9 Å². The molecule has 2 heterocycles. The van der Waals surface area contributed by atoms with Crippen molar-refractivity contribution in [2.75, 3.05) is 11.4 Å². The van der Waals surface area contributed by atoms with Gasteiger partial charge in [-0.05, 0) is 34.3 Å². The van der Waals surface area contributed by atoms with Crippen molar-refractivity contribution in [3.63, 3.8) is 0 Å². The molecular formula is C13H11BrF2N4O. The fraction of sp³-hybridized carbons (Fsp3) is 0.308. The first-order valence-electron chi connectivity index (χ1n) is 6.33.